The molecule has 0 saturated carbocycles. The molecule has 0 saturated heterocycles. The largest absolute Gasteiger partial charge is 0.381 e. The maximum atomic E-state index is 11.0. The van der Waals surface area contributed by atoms with Gasteiger partial charge in [0.2, 0.25) is 0 Å². The summed E-state index contributed by atoms with van der Waals surface area (Å²) in [5.41, 5.74) is -0.230. The molecule has 0 aromatic heterocycles. The van der Waals surface area contributed by atoms with Crippen LogP contribution in [0.3, 0.4) is 0 Å². The smallest absolute Gasteiger partial charge is 0.279 e. The Balaban J connectivity index is 2.54. The Bertz CT molecular complexity index is 484. The first-order valence-corrected chi connectivity index (χ1v) is 7.42. The van der Waals surface area contributed by atoms with Crippen molar-refractivity contribution in [2.24, 2.45) is 5.92 Å². The van der Waals surface area contributed by atoms with Crippen molar-refractivity contribution in [1.29, 1.82) is 0 Å². The normalized spacial score (nSPS) is 10.9. The molecule has 22 heavy (non-hydrogen) atoms. The maximum absolute atomic E-state index is 11.0. The lowest BCUT2D eigenvalue weighted by molar-refractivity contribution is -0.395. The van der Waals surface area contributed by atoms with Gasteiger partial charge in [0.25, 0.3) is 11.4 Å². The molecule has 0 amide bonds. The molecule has 0 aliphatic rings. The molecular formula is C15H22N2O5. The van der Waals surface area contributed by atoms with Crippen LogP contribution in [0.2, 0.25) is 0 Å². The summed E-state index contributed by atoms with van der Waals surface area (Å²) >= 11 is 0. The van der Waals surface area contributed by atoms with Crippen molar-refractivity contribution in [1.82, 2.24) is 0 Å². The third-order valence-electron chi connectivity index (χ3n) is 3.31. The van der Waals surface area contributed by atoms with Gasteiger partial charge in [-0.1, -0.05) is 13.8 Å². The lowest BCUT2D eigenvalue weighted by Gasteiger charge is -2.07. The van der Waals surface area contributed by atoms with Gasteiger partial charge in [-0.2, -0.15) is 0 Å². The predicted octanol–water partition coefficient (Wildman–Crippen LogP) is 3.89. The average Bonchev–Trinajstić information content (AvgIpc) is 2.45. The minimum atomic E-state index is -0.578. The molecule has 0 radical (unpaired) electrons. The fraction of sp³-hybridized carbons (Fsp3) is 0.600. The highest BCUT2D eigenvalue weighted by Crippen LogP contribution is 2.29. The van der Waals surface area contributed by atoms with Gasteiger partial charge in [-0.05, 0) is 37.7 Å². The number of nitro groups is 2. The minimum absolute atomic E-state index is 0.170. The average molecular weight is 310 g/mol. The van der Waals surface area contributed by atoms with E-state index in [1.807, 2.05) is 0 Å². The molecular weight excluding hydrogens is 288 g/mol. The number of rotatable bonds is 10. The van der Waals surface area contributed by atoms with E-state index in [4.69, 9.17) is 4.74 Å². The number of nitro benzene ring substituents is 2. The molecule has 1 aromatic rings. The van der Waals surface area contributed by atoms with Crippen molar-refractivity contribution in [2.75, 3.05) is 13.2 Å². The quantitative estimate of drug-likeness (QED) is 0.371. The molecule has 1 aromatic carbocycles. The Kier molecular flexibility index (Phi) is 7.45. The standard InChI is InChI=1S/C15H22N2O5/c1-12(2)6-4-10-22-11-5-7-13-14(16(18)19)8-3-9-15(13)17(20)21/h3,8-9,12H,4-7,10-11H2,1-2H3. The summed E-state index contributed by atoms with van der Waals surface area (Å²) < 4.78 is 5.47. The molecule has 0 heterocycles. The number of hydrogen-bond acceptors (Lipinski definition) is 5. The van der Waals surface area contributed by atoms with Gasteiger partial charge in [0, 0.05) is 25.3 Å². The highest BCUT2D eigenvalue weighted by molar-refractivity contribution is 5.53. The lowest BCUT2D eigenvalue weighted by atomic mass is 10.1. The molecule has 122 valence electrons. The van der Waals surface area contributed by atoms with Crippen LogP contribution in [0.5, 0.6) is 0 Å². The summed E-state index contributed by atoms with van der Waals surface area (Å²) in [4.78, 5) is 20.8. The minimum Gasteiger partial charge on any atom is -0.381 e. The van der Waals surface area contributed by atoms with Crippen molar-refractivity contribution in [3.8, 4) is 0 Å². The van der Waals surface area contributed by atoms with E-state index in [0.29, 0.717) is 25.6 Å². The summed E-state index contributed by atoms with van der Waals surface area (Å²) in [6, 6.07) is 3.93. The highest BCUT2D eigenvalue weighted by atomic mass is 16.6. The van der Waals surface area contributed by atoms with Crippen LogP contribution in [0, 0.1) is 26.1 Å². The second kappa shape index (κ2) is 9.09. The molecule has 0 N–H and O–H groups in total. The molecule has 7 nitrogen and oxygen atoms in total. The van der Waals surface area contributed by atoms with E-state index in [1.165, 1.54) is 18.2 Å². The van der Waals surface area contributed by atoms with Crippen LogP contribution < -0.4 is 0 Å². The van der Waals surface area contributed by atoms with Gasteiger partial charge in [-0.3, -0.25) is 20.2 Å². The van der Waals surface area contributed by atoms with Crippen molar-refractivity contribution >= 4 is 11.4 Å². The number of ether oxygens (including phenoxy) is 1. The summed E-state index contributed by atoms with van der Waals surface area (Å²) in [5.74, 6) is 0.637. The zero-order chi connectivity index (χ0) is 16.5. The van der Waals surface area contributed by atoms with Crippen molar-refractivity contribution < 1.29 is 14.6 Å². The molecule has 0 bridgehead atoms. The number of hydrogen-bond donors (Lipinski definition) is 0. The Morgan fingerprint density at radius 1 is 1.05 bits per heavy atom. The predicted molar refractivity (Wildman–Crippen MR) is 83.0 cm³/mol. The van der Waals surface area contributed by atoms with Crippen LogP contribution in [-0.2, 0) is 11.2 Å². The van der Waals surface area contributed by atoms with Gasteiger partial charge < -0.3 is 4.74 Å². The van der Waals surface area contributed by atoms with Crippen LogP contribution in [0.25, 0.3) is 0 Å². The molecule has 0 fully saturated rings. The monoisotopic (exact) mass is 310 g/mol. The fourth-order valence-electron chi connectivity index (χ4n) is 2.21. The Morgan fingerprint density at radius 3 is 2.09 bits per heavy atom. The molecule has 0 spiro atoms. The first-order valence-electron chi connectivity index (χ1n) is 7.42. The van der Waals surface area contributed by atoms with Crippen molar-refractivity contribution in [3.63, 3.8) is 0 Å². The van der Waals surface area contributed by atoms with E-state index < -0.39 is 9.85 Å². The van der Waals surface area contributed by atoms with E-state index in [9.17, 15) is 20.2 Å². The van der Waals surface area contributed by atoms with E-state index in [2.05, 4.69) is 13.8 Å². The topological polar surface area (TPSA) is 95.5 Å². The fourth-order valence-corrected chi connectivity index (χ4v) is 2.21. The van der Waals surface area contributed by atoms with Gasteiger partial charge in [-0.15, -0.1) is 0 Å². The molecule has 0 aliphatic heterocycles. The summed E-state index contributed by atoms with van der Waals surface area (Å²) in [5, 5.41) is 22.0. The summed E-state index contributed by atoms with van der Waals surface area (Å²) in [6.07, 6.45) is 2.85. The second-order valence-electron chi connectivity index (χ2n) is 5.54. The second-order valence-corrected chi connectivity index (χ2v) is 5.54. The van der Waals surface area contributed by atoms with Gasteiger partial charge in [0.15, 0.2) is 0 Å². The van der Waals surface area contributed by atoms with Crippen LogP contribution in [0.1, 0.15) is 38.7 Å². The van der Waals surface area contributed by atoms with Crippen molar-refractivity contribution in [2.45, 2.75) is 39.5 Å². The Labute approximate surface area is 129 Å². The van der Waals surface area contributed by atoms with E-state index in [-0.39, 0.29) is 23.4 Å². The van der Waals surface area contributed by atoms with Gasteiger partial charge >= 0.3 is 0 Å². The first-order chi connectivity index (χ1) is 10.4. The first kappa shape index (κ1) is 18.0. The van der Waals surface area contributed by atoms with E-state index >= 15 is 0 Å². The van der Waals surface area contributed by atoms with Crippen LogP contribution in [-0.4, -0.2) is 23.1 Å². The zero-order valence-electron chi connectivity index (χ0n) is 13.0. The van der Waals surface area contributed by atoms with Gasteiger partial charge in [-0.25, -0.2) is 0 Å². The molecule has 7 heteroatoms. The third-order valence-corrected chi connectivity index (χ3v) is 3.31. The summed E-state index contributed by atoms with van der Waals surface area (Å²) in [7, 11) is 0. The third kappa shape index (κ3) is 5.77. The molecule has 1 rings (SSSR count). The Hall–Kier alpha value is -2.02. The van der Waals surface area contributed by atoms with Crippen LogP contribution in [0.15, 0.2) is 18.2 Å². The summed E-state index contributed by atoms with van der Waals surface area (Å²) in [6.45, 7) is 5.39. The van der Waals surface area contributed by atoms with E-state index in [1.54, 1.807) is 0 Å². The van der Waals surface area contributed by atoms with Gasteiger partial charge in [0.05, 0.1) is 9.85 Å². The highest BCUT2D eigenvalue weighted by Gasteiger charge is 2.23. The SMILES string of the molecule is CC(C)CCCOCCCc1c([N+](=O)[O-])cccc1[N+](=O)[O-]. The van der Waals surface area contributed by atoms with Crippen molar-refractivity contribution in [3.05, 3.63) is 44.0 Å². The number of benzene rings is 1. The maximum Gasteiger partial charge on any atom is 0.279 e. The van der Waals surface area contributed by atoms with Crippen LogP contribution in [0.4, 0.5) is 11.4 Å². The number of nitrogens with zero attached hydrogens (tertiary/aromatic N) is 2. The van der Waals surface area contributed by atoms with E-state index in [0.717, 1.165) is 12.8 Å². The van der Waals surface area contributed by atoms with Gasteiger partial charge in [0.1, 0.15) is 5.56 Å². The molecule has 0 unspecified atom stereocenters. The Morgan fingerprint density at radius 2 is 1.59 bits per heavy atom. The van der Waals surface area contributed by atoms with Crippen LogP contribution >= 0.6 is 0 Å². The zero-order valence-corrected chi connectivity index (χ0v) is 13.0. The molecule has 0 atom stereocenters. The lowest BCUT2D eigenvalue weighted by Crippen LogP contribution is -2.04. The molecule has 0 aliphatic carbocycles.